The van der Waals surface area contributed by atoms with Crippen LogP contribution in [0.3, 0.4) is 0 Å². The van der Waals surface area contributed by atoms with E-state index in [9.17, 15) is 14.7 Å². The van der Waals surface area contributed by atoms with Gasteiger partial charge in [0, 0.05) is 38.5 Å². The number of aromatic nitrogens is 2. The standard InChI is InChI=1S/C18H29N3O5/c1-17(2,3)15-19-13(26-20-15)7-5-8-14(22)21-10-6-9-18(11-21,12-25-4)16(23)24/h5-12H2,1-4H3,(H,23,24). The molecule has 0 aliphatic carbocycles. The molecule has 1 aliphatic heterocycles. The normalized spacial score (nSPS) is 21.0. The molecule has 0 spiro atoms. The van der Waals surface area contributed by atoms with Crippen molar-refractivity contribution in [2.75, 3.05) is 26.8 Å². The smallest absolute Gasteiger partial charge is 0.313 e. The number of ether oxygens (including phenoxy) is 1. The fourth-order valence-electron chi connectivity index (χ4n) is 3.19. The number of carboxylic acid groups (broad SMARTS) is 1. The molecule has 1 saturated heterocycles. The number of hydrogen-bond acceptors (Lipinski definition) is 6. The molecule has 1 N–H and O–H groups in total. The van der Waals surface area contributed by atoms with Crippen LogP contribution in [0.15, 0.2) is 4.52 Å². The van der Waals surface area contributed by atoms with E-state index in [2.05, 4.69) is 10.1 Å². The topological polar surface area (TPSA) is 106 Å². The van der Waals surface area contributed by atoms with Crippen molar-refractivity contribution in [3.8, 4) is 0 Å². The molecule has 1 amide bonds. The van der Waals surface area contributed by atoms with Crippen LogP contribution >= 0.6 is 0 Å². The van der Waals surface area contributed by atoms with E-state index in [1.165, 1.54) is 7.11 Å². The molecule has 2 heterocycles. The molecule has 1 unspecified atom stereocenters. The first kappa shape index (κ1) is 20.4. The summed E-state index contributed by atoms with van der Waals surface area (Å²) in [7, 11) is 1.49. The van der Waals surface area contributed by atoms with E-state index in [-0.39, 0.29) is 24.5 Å². The molecule has 8 heteroatoms. The monoisotopic (exact) mass is 367 g/mol. The maximum absolute atomic E-state index is 12.5. The summed E-state index contributed by atoms with van der Waals surface area (Å²) in [6, 6.07) is 0. The second kappa shape index (κ2) is 8.16. The molecule has 0 bridgehead atoms. The summed E-state index contributed by atoms with van der Waals surface area (Å²) >= 11 is 0. The van der Waals surface area contributed by atoms with Crippen molar-refractivity contribution in [1.82, 2.24) is 15.0 Å². The molecule has 1 aromatic heterocycles. The Bertz CT molecular complexity index is 633. The van der Waals surface area contributed by atoms with Crippen LogP contribution in [0.25, 0.3) is 0 Å². The van der Waals surface area contributed by atoms with Crippen LogP contribution in [0.1, 0.15) is 58.2 Å². The first-order valence-corrected chi connectivity index (χ1v) is 9.01. The van der Waals surface area contributed by atoms with Gasteiger partial charge in [0.05, 0.1) is 6.61 Å². The van der Waals surface area contributed by atoms with Crippen LogP contribution < -0.4 is 0 Å². The minimum atomic E-state index is -1.00. The Kier molecular flexibility index (Phi) is 6.39. The molecule has 26 heavy (non-hydrogen) atoms. The highest BCUT2D eigenvalue weighted by atomic mass is 16.5. The average molecular weight is 367 g/mol. The van der Waals surface area contributed by atoms with Gasteiger partial charge in [0.1, 0.15) is 5.41 Å². The molecule has 1 aromatic rings. The lowest BCUT2D eigenvalue weighted by molar-refractivity contribution is -0.159. The largest absolute Gasteiger partial charge is 0.481 e. The molecular weight excluding hydrogens is 338 g/mol. The van der Waals surface area contributed by atoms with Crippen molar-refractivity contribution >= 4 is 11.9 Å². The zero-order chi connectivity index (χ0) is 19.4. The third-order valence-electron chi connectivity index (χ3n) is 4.72. The van der Waals surface area contributed by atoms with Gasteiger partial charge in [-0.1, -0.05) is 25.9 Å². The van der Waals surface area contributed by atoms with E-state index in [1.54, 1.807) is 4.90 Å². The van der Waals surface area contributed by atoms with Gasteiger partial charge in [0.2, 0.25) is 11.8 Å². The number of rotatable bonds is 7. The second-order valence-electron chi connectivity index (χ2n) is 8.05. The van der Waals surface area contributed by atoms with Crippen LogP contribution in [-0.2, 0) is 26.2 Å². The SMILES string of the molecule is COCC1(C(=O)O)CCCN(C(=O)CCCc2nc(C(C)(C)C)no2)C1. The number of likely N-dealkylation sites (tertiary alicyclic amines) is 1. The van der Waals surface area contributed by atoms with Gasteiger partial charge >= 0.3 is 5.97 Å². The number of hydrogen-bond donors (Lipinski definition) is 1. The lowest BCUT2D eigenvalue weighted by Gasteiger charge is -2.39. The Labute approximate surface area is 153 Å². The maximum Gasteiger partial charge on any atom is 0.313 e. The molecule has 1 fully saturated rings. The summed E-state index contributed by atoms with van der Waals surface area (Å²) in [6.45, 7) is 6.93. The molecule has 2 rings (SSSR count). The number of methoxy groups -OCH3 is 1. The van der Waals surface area contributed by atoms with E-state index in [0.29, 0.717) is 50.4 Å². The number of carbonyl (C=O) groups is 2. The summed E-state index contributed by atoms with van der Waals surface area (Å²) in [5.74, 6) is 0.237. The first-order valence-electron chi connectivity index (χ1n) is 9.01. The van der Waals surface area contributed by atoms with Gasteiger partial charge in [-0.05, 0) is 19.3 Å². The number of carboxylic acids is 1. The van der Waals surface area contributed by atoms with Crippen LogP contribution in [0.4, 0.5) is 0 Å². The number of aryl methyl sites for hydroxylation is 1. The zero-order valence-corrected chi connectivity index (χ0v) is 16.1. The molecule has 0 aromatic carbocycles. The quantitative estimate of drug-likeness (QED) is 0.786. The first-order chi connectivity index (χ1) is 12.2. The second-order valence-corrected chi connectivity index (χ2v) is 8.05. The zero-order valence-electron chi connectivity index (χ0n) is 16.1. The molecular formula is C18H29N3O5. The van der Waals surface area contributed by atoms with Crippen molar-refractivity contribution in [3.05, 3.63) is 11.7 Å². The van der Waals surface area contributed by atoms with Crippen molar-refractivity contribution in [3.63, 3.8) is 0 Å². The Morgan fingerprint density at radius 3 is 2.69 bits per heavy atom. The fourth-order valence-corrected chi connectivity index (χ4v) is 3.19. The van der Waals surface area contributed by atoms with Gasteiger partial charge in [-0.15, -0.1) is 0 Å². The van der Waals surface area contributed by atoms with Crippen LogP contribution in [0, 0.1) is 5.41 Å². The number of amides is 1. The molecule has 0 radical (unpaired) electrons. The van der Waals surface area contributed by atoms with Crippen molar-refractivity contribution in [1.29, 1.82) is 0 Å². The van der Waals surface area contributed by atoms with E-state index in [4.69, 9.17) is 9.26 Å². The lowest BCUT2D eigenvalue weighted by Crippen LogP contribution is -2.52. The average Bonchev–Trinajstić information content (AvgIpc) is 3.04. The van der Waals surface area contributed by atoms with E-state index in [0.717, 1.165) is 0 Å². The Balaban J connectivity index is 1.87. The summed E-state index contributed by atoms with van der Waals surface area (Å²) < 4.78 is 10.3. The van der Waals surface area contributed by atoms with Crippen molar-refractivity contribution in [2.45, 2.75) is 58.3 Å². The number of piperidine rings is 1. The van der Waals surface area contributed by atoms with E-state index < -0.39 is 11.4 Å². The third-order valence-corrected chi connectivity index (χ3v) is 4.72. The van der Waals surface area contributed by atoms with Crippen molar-refractivity contribution < 1.29 is 24.0 Å². The highest BCUT2D eigenvalue weighted by molar-refractivity contribution is 5.79. The van der Waals surface area contributed by atoms with Gasteiger partial charge < -0.3 is 19.3 Å². The molecule has 1 atom stereocenters. The fraction of sp³-hybridized carbons (Fsp3) is 0.778. The summed E-state index contributed by atoms with van der Waals surface area (Å²) in [5.41, 5.74) is -1.18. The third kappa shape index (κ3) is 4.81. The Morgan fingerprint density at radius 2 is 2.12 bits per heavy atom. The minimum Gasteiger partial charge on any atom is -0.481 e. The van der Waals surface area contributed by atoms with E-state index in [1.807, 2.05) is 20.8 Å². The number of aliphatic carboxylic acids is 1. The molecule has 0 saturated carbocycles. The van der Waals surface area contributed by atoms with Gasteiger partial charge in [-0.3, -0.25) is 9.59 Å². The van der Waals surface area contributed by atoms with Crippen LogP contribution in [0.2, 0.25) is 0 Å². The van der Waals surface area contributed by atoms with E-state index >= 15 is 0 Å². The van der Waals surface area contributed by atoms with Crippen LogP contribution in [-0.4, -0.2) is 58.8 Å². The van der Waals surface area contributed by atoms with Crippen LogP contribution in [0.5, 0.6) is 0 Å². The minimum absolute atomic E-state index is 0.0398. The maximum atomic E-state index is 12.5. The number of carbonyl (C=O) groups excluding carboxylic acids is 1. The highest BCUT2D eigenvalue weighted by Crippen LogP contribution is 2.31. The summed E-state index contributed by atoms with van der Waals surface area (Å²) in [5, 5.41) is 13.5. The molecule has 1 aliphatic rings. The van der Waals surface area contributed by atoms with Gasteiger partial charge in [-0.2, -0.15) is 4.98 Å². The van der Waals surface area contributed by atoms with Gasteiger partial charge in [-0.25, -0.2) is 0 Å². The predicted molar refractivity (Wildman–Crippen MR) is 93.7 cm³/mol. The Morgan fingerprint density at radius 1 is 1.38 bits per heavy atom. The highest BCUT2D eigenvalue weighted by Gasteiger charge is 2.43. The van der Waals surface area contributed by atoms with Gasteiger partial charge in [0.25, 0.3) is 0 Å². The Hall–Kier alpha value is -1.96. The number of nitrogens with zero attached hydrogens (tertiary/aromatic N) is 3. The predicted octanol–water partition coefficient (Wildman–Crippen LogP) is 2.03. The summed E-state index contributed by atoms with van der Waals surface area (Å²) in [6.07, 6.45) is 2.64. The van der Waals surface area contributed by atoms with Gasteiger partial charge in [0.15, 0.2) is 5.82 Å². The molecule has 146 valence electrons. The van der Waals surface area contributed by atoms with Crippen molar-refractivity contribution in [2.24, 2.45) is 5.41 Å². The lowest BCUT2D eigenvalue weighted by atomic mass is 9.80. The summed E-state index contributed by atoms with van der Waals surface area (Å²) in [4.78, 5) is 30.2. The molecule has 8 nitrogen and oxygen atoms in total.